The lowest BCUT2D eigenvalue weighted by Gasteiger charge is -2.16. The molecule has 0 atom stereocenters. The SMILES string of the molecule is CC(C)(C)SCCC(=O)NCC(=O)O. The van der Waals surface area contributed by atoms with Crippen LogP contribution in [-0.2, 0) is 9.59 Å². The van der Waals surface area contributed by atoms with Crippen molar-refractivity contribution in [1.82, 2.24) is 5.32 Å². The fourth-order valence-corrected chi connectivity index (χ4v) is 1.61. The Morgan fingerprint density at radius 2 is 1.93 bits per heavy atom. The summed E-state index contributed by atoms with van der Waals surface area (Å²) in [6, 6.07) is 0. The lowest BCUT2D eigenvalue weighted by Crippen LogP contribution is -2.29. The molecule has 82 valence electrons. The molecule has 0 heterocycles. The molecule has 0 aromatic heterocycles. The molecule has 0 unspecified atom stereocenters. The summed E-state index contributed by atoms with van der Waals surface area (Å²) < 4.78 is 0.146. The van der Waals surface area contributed by atoms with Gasteiger partial charge in [0.25, 0.3) is 0 Å². The van der Waals surface area contributed by atoms with Crippen LogP contribution < -0.4 is 5.32 Å². The van der Waals surface area contributed by atoms with E-state index in [0.29, 0.717) is 6.42 Å². The average Bonchev–Trinajstić information content (AvgIpc) is 1.98. The van der Waals surface area contributed by atoms with Gasteiger partial charge >= 0.3 is 5.97 Å². The minimum Gasteiger partial charge on any atom is -0.480 e. The Hall–Kier alpha value is -0.710. The summed E-state index contributed by atoms with van der Waals surface area (Å²) >= 11 is 1.69. The molecule has 2 N–H and O–H groups in total. The number of nitrogens with one attached hydrogen (secondary N) is 1. The van der Waals surface area contributed by atoms with Gasteiger partial charge in [0.15, 0.2) is 0 Å². The number of carboxylic acid groups (broad SMARTS) is 1. The second-order valence-electron chi connectivity index (χ2n) is 3.88. The van der Waals surface area contributed by atoms with Crippen molar-refractivity contribution in [2.45, 2.75) is 31.9 Å². The van der Waals surface area contributed by atoms with Gasteiger partial charge in [-0.2, -0.15) is 11.8 Å². The zero-order valence-corrected chi connectivity index (χ0v) is 9.61. The third kappa shape index (κ3) is 9.38. The molecule has 0 saturated heterocycles. The lowest BCUT2D eigenvalue weighted by atomic mass is 10.3. The van der Waals surface area contributed by atoms with Crippen LogP contribution in [0.2, 0.25) is 0 Å². The van der Waals surface area contributed by atoms with Gasteiger partial charge in [-0.25, -0.2) is 0 Å². The summed E-state index contributed by atoms with van der Waals surface area (Å²) in [6.07, 6.45) is 0.370. The second-order valence-corrected chi connectivity index (χ2v) is 5.80. The number of amides is 1. The maximum atomic E-state index is 11.0. The molecular weight excluding hydrogens is 202 g/mol. The average molecular weight is 219 g/mol. The maximum Gasteiger partial charge on any atom is 0.322 e. The number of hydrogen-bond acceptors (Lipinski definition) is 3. The highest BCUT2D eigenvalue weighted by Gasteiger charge is 2.11. The molecule has 0 saturated carbocycles. The Balaban J connectivity index is 3.50. The normalized spacial score (nSPS) is 11.1. The van der Waals surface area contributed by atoms with Gasteiger partial charge in [-0.3, -0.25) is 9.59 Å². The van der Waals surface area contributed by atoms with E-state index >= 15 is 0 Å². The molecule has 5 heteroatoms. The first kappa shape index (κ1) is 13.3. The monoisotopic (exact) mass is 219 g/mol. The van der Waals surface area contributed by atoms with E-state index in [0.717, 1.165) is 5.75 Å². The number of thioether (sulfide) groups is 1. The van der Waals surface area contributed by atoms with E-state index in [2.05, 4.69) is 26.1 Å². The molecule has 1 amide bonds. The van der Waals surface area contributed by atoms with Crippen molar-refractivity contribution in [3.8, 4) is 0 Å². The molecular formula is C9H17NO3S. The Kier molecular flexibility index (Phi) is 5.60. The van der Waals surface area contributed by atoms with Crippen molar-refractivity contribution in [3.63, 3.8) is 0 Å². The zero-order valence-electron chi connectivity index (χ0n) is 8.79. The molecule has 0 fully saturated rings. The Morgan fingerprint density at radius 1 is 1.36 bits per heavy atom. The van der Waals surface area contributed by atoms with Gasteiger partial charge in [0.05, 0.1) is 0 Å². The highest BCUT2D eigenvalue weighted by molar-refractivity contribution is 8.00. The fraction of sp³-hybridized carbons (Fsp3) is 0.778. The summed E-state index contributed by atoms with van der Waals surface area (Å²) in [4.78, 5) is 21.2. The number of rotatable bonds is 5. The van der Waals surface area contributed by atoms with Crippen molar-refractivity contribution >= 4 is 23.6 Å². The van der Waals surface area contributed by atoms with Gasteiger partial charge in [-0.1, -0.05) is 20.8 Å². The smallest absolute Gasteiger partial charge is 0.322 e. The van der Waals surface area contributed by atoms with Crippen LogP contribution in [0, 0.1) is 0 Å². The fourth-order valence-electron chi connectivity index (χ4n) is 0.713. The third-order valence-electron chi connectivity index (χ3n) is 1.30. The van der Waals surface area contributed by atoms with Crippen LogP contribution in [0.5, 0.6) is 0 Å². The molecule has 0 radical (unpaired) electrons. The Bertz CT molecular complexity index is 211. The molecule has 4 nitrogen and oxygen atoms in total. The van der Waals surface area contributed by atoms with Crippen LogP contribution in [0.3, 0.4) is 0 Å². The minimum atomic E-state index is -1.01. The van der Waals surface area contributed by atoms with Crippen molar-refractivity contribution < 1.29 is 14.7 Å². The molecule has 0 aliphatic carbocycles. The number of hydrogen-bond donors (Lipinski definition) is 2. The van der Waals surface area contributed by atoms with Crippen molar-refractivity contribution in [2.24, 2.45) is 0 Å². The third-order valence-corrected chi connectivity index (χ3v) is 2.58. The standard InChI is InChI=1S/C9H17NO3S/c1-9(2,3)14-5-4-7(11)10-6-8(12)13/h4-6H2,1-3H3,(H,10,11)(H,12,13). The molecule has 0 aliphatic rings. The van der Waals surface area contributed by atoms with Crippen molar-refractivity contribution in [2.75, 3.05) is 12.3 Å². The van der Waals surface area contributed by atoms with Gasteiger partial charge in [0, 0.05) is 16.9 Å². The molecule has 0 aromatic carbocycles. The summed E-state index contributed by atoms with van der Waals surface area (Å²) in [5.41, 5.74) is 0. The van der Waals surface area contributed by atoms with E-state index in [4.69, 9.17) is 5.11 Å². The van der Waals surface area contributed by atoms with Gasteiger partial charge in [0.1, 0.15) is 6.54 Å². The molecule has 14 heavy (non-hydrogen) atoms. The highest BCUT2D eigenvalue weighted by Crippen LogP contribution is 2.23. The number of carbonyl (C=O) groups excluding carboxylic acids is 1. The Labute approximate surface area is 88.4 Å². The first-order valence-electron chi connectivity index (χ1n) is 4.44. The van der Waals surface area contributed by atoms with Gasteiger partial charge in [0.2, 0.25) is 5.91 Å². The van der Waals surface area contributed by atoms with E-state index in [1.165, 1.54) is 0 Å². The van der Waals surface area contributed by atoms with E-state index in [-0.39, 0.29) is 17.2 Å². The van der Waals surface area contributed by atoms with Crippen LogP contribution >= 0.6 is 11.8 Å². The summed E-state index contributed by atoms with van der Waals surface area (Å²) in [5.74, 6) is -0.499. The Morgan fingerprint density at radius 3 is 2.36 bits per heavy atom. The molecule has 0 spiro atoms. The van der Waals surface area contributed by atoms with E-state index < -0.39 is 5.97 Å². The van der Waals surface area contributed by atoms with Gasteiger partial charge in [-0.15, -0.1) is 0 Å². The predicted octanol–water partition coefficient (Wildman–Crippen LogP) is 1.11. The summed E-state index contributed by atoms with van der Waals surface area (Å²) in [5, 5.41) is 10.6. The van der Waals surface area contributed by atoms with E-state index in [9.17, 15) is 9.59 Å². The molecule has 0 aliphatic heterocycles. The van der Waals surface area contributed by atoms with Crippen LogP contribution in [0.1, 0.15) is 27.2 Å². The van der Waals surface area contributed by atoms with Crippen molar-refractivity contribution in [1.29, 1.82) is 0 Å². The van der Waals surface area contributed by atoms with Gasteiger partial charge in [-0.05, 0) is 0 Å². The molecule has 0 rings (SSSR count). The van der Waals surface area contributed by atoms with E-state index in [1.807, 2.05) is 0 Å². The minimum absolute atomic E-state index is 0.146. The first-order valence-corrected chi connectivity index (χ1v) is 5.42. The van der Waals surface area contributed by atoms with E-state index in [1.54, 1.807) is 11.8 Å². The molecule has 0 bridgehead atoms. The largest absolute Gasteiger partial charge is 0.480 e. The highest BCUT2D eigenvalue weighted by atomic mass is 32.2. The second kappa shape index (κ2) is 5.90. The first-order chi connectivity index (χ1) is 6.31. The lowest BCUT2D eigenvalue weighted by molar-refractivity contribution is -0.137. The number of carbonyl (C=O) groups is 2. The topological polar surface area (TPSA) is 66.4 Å². The van der Waals surface area contributed by atoms with Gasteiger partial charge < -0.3 is 10.4 Å². The summed E-state index contributed by atoms with van der Waals surface area (Å²) in [7, 11) is 0. The van der Waals surface area contributed by atoms with Crippen LogP contribution in [0.4, 0.5) is 0 Å². The quantitative estimate of drug-likeness (QED) is 0.727. The van der Waals surface area contributed by atoms with Crippen LogP contribution in [0.15, 0.2) is 0 Å². The number of aliphatic carboxylic acids is 1. The maximum absolute atomic E-state index is 11.0. The van der Waals surface area contributed by atoms with Crippen molar-refractivity contribution in [3.05, 3.63) is 0 Å². The summed E-state index contributed by atoms with van der Waals surface area (Å²) in [6.45, 7) is 5.94. The zero-order chi connectivity index (χ0) is 11.2. The molecule has 0 aromatic rings. The number of carboxylic acids is 1. The van der Waals surface area contributed by atoms with Crippen LogP contribution in [-0.4, -0.2) is 34.0 Å². The van der Waals surface area contributed by atoms with Crippen LogP contribution in [0.25, 0.3) is 0 Å². The predicted molar refractivity (Wildman–Crippen MR) is 57.5 cm³/mol.